The Hall–Kier alpha value is 0.620. The van der Waals surface area contributed by atoms with Crippen molar-refractivity contribution in [2.24, 2.45) is 5.92 Å². The van der Waals surface area contributed by atoms with Crippen LogP contribution in [0.1, 0.15) is 45.4 Å². The van der Waals surface area contributed by atoms with Gasteiger partial charge < -0.3 is 10.1 Å². The Morgan fingerprint density at radius 3 is 2.65 bits per heavy atom. The number of nitrogens with one attached hydrogen (secondary N) is 1. The molecule has 0 bridgehead atoms. The van der Waals surface area contributed by atoms with Gasteiger partial charge in [0.15, 0.2) is 0 Å². The van der Waals surface area contributed by atoms with Crippen LogP contribution >= 0.6 is 23.5 Å². The van der Waals surface area contributed by atoms with E-state index in [-0.39, 0.29) is 5.60 Å². The SMILES string of the molecule is CNC(C1CCOC2(CCSCC2)C1)C1(C)CCCS1. The first-order chi connectivity index (χ1) is 9.68. The van der Waals surface area contributed by atoms with Crippen molar-refractivity contribution in [2.75, 3.05) is 30.9 Å². The number of hydrogen-bond acceptors (Lipinski definition) is 4. The third-order valence-corrected chi connectivity index (χ3v) is 8.22. The van der Waals surface area contributed by atoms with Crippen molar-refractivity contribution in [1.29, 1.82) is 0 Å². The minimum absolute atomic E-state index is 0.225. The van der Waals surface area contributed by atoms with Crippen molar-refractivity contribution in [1.82, 2.24) is 5.32 Å². The lowest BCUT2D eigenvalue weighted by Gasteiger charge is -2.48. The van der Waals surface area contributed by atoms with Crippen LogP contribution in [0, 0.1) is 5.92 Å². The summed E-state index contributed by atoms with van der Waals surface area (Å²) in [5.74, 6) is 4.73. The molecule has 3 rings (SSSR count). The Morgan fingerprint density at radius 1 is 1.20 bits per heavy atom. The third kappa shape index (κ3) is 3.04. The number of hydrogen-bond donors (Lipinski definition) is 1. The smallest absolute Gasteiger partial charge is 0.0701 e. The topological polar surface area (TPSA) is 21.3 Å². The highest BCUT2D eigenvalue weighted by molar-refractivity contribution is 8.01. The standard InChI is InChI=1S/C16H29NOS2/c1-15(5-3-9-20-15)14(17-2)13-4-8-18-16(12-13)6-10-19-11-7-16/h13-14,17H,3-12H2,1-2H3. The predicted molar refractivity (Wildman–Crippen MR) is 90.9 cm³/mol. The van der Waals surface area contributed by atoms with Crippen LogP contribution in [0.25, 0.3) is 0 Å². The average Bonchev–Trinajstić information content (AvgIpc) is 2.88. The van der Waals surface area contributed by atoms with E-state index < -0.39 is 0 Å². The van der Waals surface area contributed by atoms with E-state index in [9.17, 15) is 0 Å². The molecule has 116 valence electrons. The molecule has 1 spiro atoms. The average molecular weight is 316 g/mol. The highest BCUT2D eigenvalue weighted by Crippen LogP contribution is 2.47. The molecule has 3 heterocycles. The quantitative estimate of drug-likeness (QED) is 0.859. The van der Waals surface area contributed by atoms with E-state index in [1.54, 1.807) is 0 Å². The van der Waals surface area contributed by atoms with Crippen molar-refractivity contribution in [3.05, 3.63) is 0 Å². The van der Waals surface area contributed by atoms with E-state index in [0.29, 0.717) is 10.8 Å². The van der Waals surface area contributed by atoms with E-state index in [4.69, 9.17) is 4.74 Å². The Morgan fingerprint density at radius 2 is 2.00 bits per heavy atom. The highest BCUT2D eigenvalue weighted by Gasteiger charge is 2.46. The number of ether oxygens (including phenoxy) is 1. The van der Waals surface area contributed by atoms with E-state index in [1.165, 1.54) is 55.8 Å². The van der Waals surface area contributed by atoms with E-state index in [1.807, 2.05) is 0 Å². The van der Waals surface area contributed by atoms with Gasteiger partial charge >= 0.3 is 0 Å². The second kappa shape index (κ2) is 6.39. The Kier molecular flexibility index (Phi) is 4.96. The molecular formula is C16H29NOS2. The fraction of sp³-hybridized carbons (Fsp3) is 1.00. The first kappa shape index (κ1) is 15.5. The van der Waals surface area contributed by atoms with Crippen LogP contribution in [-0.2, 0) is 4.74 Å². The van der Waals surface area contributed by atoms with Crippen molar-refractivity contribution in [2.45, 2.75) is 61.8 Å². The lowest BCUT2D eigenvalue weighted by Crippen LogP contribution is -2.54. The normalized spacial score (nSPS) is 39.0. The molecule has 3 unspecified atom stereocenters. The Balaban J connectivity index is 1.71. The molecule has 20 heavy (non-hydrogen) atoms. The van der Waals surface area contributed by atoms with Crippen molar-refractivity contribution in [3.8, 4) is 0 Å². The van der Waals surface area contributed by atoms with Crippen LogP contribution in [0.2, 0.25) is 0 Å². The Labute approximate surface area is 132 Å². The summed E-state index contributed by atoms with van der Waals surface area (Å²) in [6.07, 6.45) is 7.85. The van der Waals surface area contributed by atoms with Gasteiger partial charge in [-0.25, -0.2) is 0 Å². The van der Waals surface area contributed by atoms with Gasteiger partial charge in [-0.3, -0.25) is 0 Å². The summed E-state index contributed by atoms with van der Waals surface area (Å²) in [6.45, 7) is 3.47. The van der Waals surface area contributed by atoms with Gasteiger partial charge in [-0.2, -0.15) is 23.5 Å². The first-order valence-corrected chi connectivity index (χ1v) is 10.3. The lowest BCUT2D eigenvalue weighted by molar-refractivity contribution is -0.108. The van der Waals surface area contributed by atoms with Gasteiger partial charge in [-0.15, -0.1) is 0 Å². The first-order valence-electron chi connectivity index (χ1n) is 8.20. The second-order valence-corrected chi connectivity index (χ2v) is 9.78. The van der Waals surface area contributed by atoms with Crippen LogP contribution < -0.4 is 5.32 Å². The summed E-state index contributed by atoms with van der Waals surface area (Å²) in [5, 5.41) is 3.69. The fourth-order valence-electron chi connectivity index (χ4n) is 4.53. The monoisotopic (exact) mass is 315 g/mol. The van der Waals surface area contributed by atoms with Crippen LogP contribution in [0.5, 0.6) is 0 Å². The minimum atomic E-state index is 0.225. The molecule has 4 heteroatoms. The van der Waals surface area contributed by atoms with Gasteiger partial charge in [0.05, 0.1) is 5.60 Å². The van der Waals surface area contributed by atoms with Gasteiger partial charge in [0, 0.05) is 17.4 Å². The summed E-state index contributed by atoms with van der Waals surface area (Å²) < 4.78 is 6.72. The largest absolute Gasteiger partial charge is 0.375 e. The van der Waals surface area contributed by atoms with Crippen LogP contribution in [0.4, 0.5) is 0 Å². The van der Waals surface area contributed by atoms with Gasteiger partial charge in [0.25, 0.3) is 0 Å². The maximum atomic E-state index is 6.28. The van der Waals surface area contributed by atoms with Crippen LogP contribution in [0.3, 0.4) is 0 Å². The summed E-state index contributed by atoms with van der Waals surface area (Å²) >= 11 is 4.30. The molecule has 0 aromatic rings. The van der Waals surface area contributed by atoms with Crippen LogP contribution in [-0.4, -0.2) is 47.3 Å². The number of thioether (sulfide) groups is 2. The highest BCUT2D eigenvalue weighted by atomic mass is 32.2. The molecule has 0 aliphatic carbocycles. The molecule has 0 aromatic heterocycles. The molecule has 0 radical (unpaired) electrons. The van der Waals surface area contributed by atoms with E-state index in [2.05, 4.69) is 42.8 Å². The summed E-state index contributed by atoms with van der Waals surface area (Å²) in [5.41, 5.74) is 0.225. The molecule has 0 aromatic carbocycles. The van der Waals surface area contributed by atoms with Crippen LogP contribution in [0.15, 0.2) is 0 Å². The summed E-state index contributed by atoms with van der Waals surface area (Å²) in [4.78, 5) is 0. The Bertz CT molecular complexity index is 319. The molecule has 3 aliphatic rings. The lowest BCUT2D eigenvalue weighted by atomic mass is 9.74. The summed E-state index contributed by atoms with van der Waals surface area (Å²) in [6, 6.07) is 0.658. The van der Waals surface area contributed by atoms with E-state index in [0.717, 1.165) is 12.5 Å². The fourth-order valence-corrected chi connectivity index (χ4v) is 7.30. The van der Waals surface area contributed by atoms with E-state index >= 15 is 0 Å². The maximum Gasteiger partial charge on any atom is 0.0701 e. The van der Waals surface area contributed by atoms with Crippen molar-refractivity contribution in [3.63, 3.8) is 0 Å². The maximum absolute atomic E-state index is 6.28. The predicted octanol–water partition coefficient (Wildman–Crippen LogP) is 3.55. The molecule has 1 N–H and O–H groups in total. The molecule has 3 atom stereocenters. The van der Waals surface area contributed by atoms with Crippen molar-refractivity contribution >= 4 is 23.5 Å². The molecule has 0 amide bonds. The zero-order chi connectivity index (χ0) is 14.1. The zero-order valence-corrected chi connectivity index (χ0v) is 14.6. The molecular weight excluding hydrogens is 286 g/mol. The second-order valence-electron chi connectivity index (χ2n) is 6.93. The van der Waals surface area contributed by atoms with Gasteiger partial charge in [-0.05, 0) is 75.7 Å². The zero-order valence-electron chi connectivity index (χ0n) is 13.0. The number of rotatable bonds is 3. The molecule has 2 nitrogen and oxygen atoms in total. The molecule has 3 saturated heterocycles. The van der Waals surface area contributed by atoms with Gasteiger partial charge in [-0.1, -0.05) is 0 Å². The summed E-state index contributed by atoms with van der Waals surface area (Å²) in [7, 11) is 2.17. The van der Waals surface area contributed by atoms with Gasteiger partial charge in [0.1, 0.15) is 0 Å². The van der Waals surface area contributed by atoms with Crippen molar-refractivity contribution < 1.29 is 4.74 Å². The molecule has 3 aliphatic heterocycles. The molecule has 0 saturated carbocycles. The molecule has 3 fully saturated rings. The third-order valence-electron chi connectivity index (χ3n) is 5.62. The van der Waals surface area contributed by atoms with Gasteiger partial charge in [0.2, 0.25) is 0 Å². The minimum Gasteiger partial charge on any atom is -0.375 e.